The van der Waals surface area contributed by atoms with Crippen molar-refractivity contribution in [2.75, 3.05) is 0 Å². The molecule has 0 unspecified atom stereocenters. The number of nitrogens with two attached hydrogens (primary N) is 1. The lowest BCUT2D eigenvalue weighted by atomic mass is 9.96. The summed E-state index contributed by atoms with van der Waals surface area (Å²) < 4.78 is 40.0. The monoisotopic (exact) mass is 518 g/mol. The Bertz CT molecular complexity index is 1550. The number of allylic oxidation sites excluding steroid dienone is 2. The standard InChI is InChI=1S/C29H29F3N6/c1-17(2)21-7-4-5-8-22(21)27-35-23-9-6-10-24-26(23)28(36-27)38(37-24)16-19-11-13-20(14-12-19)34-18(3)15-25(33)29(30,31)32/h4-5,7-8,11-15,17H,6,9-10,16,33H2,1-3H3/b25-15-,34-18?. The summed E-state index contributed by atoms with van der Waals surface area (Å²) in [5.74, 6) is 1.06. The highest BCUT2D eigenvalue weighted by atomic mass is 19.4. The molecule has 0 saturated carbocycles. The third-order valence-corrected chi connectivity index (χ3v) is 6.66. The van der Waals surface area contributed by atoms with Crippen molar-refractivity contribution in [3.63, 3.8) is 0 Å². The highest BCUT2D eigenvalue weighted by Crippen LogP contribution is 2.33. The van der Waals surface area contributed by atoms with Crippen LogP contribution in [0.3, 0.4) is 0 Å². The second-order valence-corrected chi connectivity index (χ2v) is 9.91. The molecule has 5 rings (SSSR count). The molecule has 1 aliphatic rings. The molecule has 0 bridgehead atoms. The fourth-order valence-corrected chi connectivity index (χ4v) is 4.83. The van der Waals surface area contributed by atoms with Crippen LogP contribution in [0, 0.1) is 0 Å². The second-order valence-electron chi connectivity index (χ2n) is 9.91. The molecule has 2 heterocycles. The average Bonchev–Trinajstić information content (AvgIpc) is 3.23. The third-order valence-electron chi connectivity index (χ3n) is 6.66. The summed E-state index contributed by atoms with van der Waals surface area (Å²) in [5.41, 5.74) is 10.8. The van der Waals surface area contributed by atoms with E-state index in [-0.39, 0.29) is 5.71 Å². The van der Waals surface area contributed by atoms with E-state index < -0.39 is 11.9 Å². The molecule has 2 N–H and O–H groups in total. The number of aromatic nitrogens is 4. The van der Waals surface area contributed by atoms with Crippen LogP contribution in [0.4, 0.5) is 18.9 Å². The molecule has 9 heteroatoms. The number of nitrogens with zero attached hydrogens (tertiary/aromatic N) is 5. The zero-order valence-corrected chi connectivity index (χ0v) is 21.5. The van der Waals surface area contributed by atoms with Gasteiger partial charge in [-0.15, -0.1) is 0 Å². The van der Waals surface area contributed by atoms with E-state index in [0.29, 0.717) is 18.2 Å². The molecule has 0 spiro atoms. The summed E-state index contributed by atoms with van der Waals surface area (Å²) in [7, 11) is 0. The molecule has 0 fully saturated rings. The van der Waals surface area contributed by atoms with Crippen molar-refractivity contribution < 1.29 is 13.2 Å². The normalized spacial score (nSPS) is 14.5. The van der Waals surface area contributed by atoms with Crippen molar-refractivity contribution >= 4 is 22.4 Å². The lowest BCUT2D eigenvalue weighted by Gasteiger charge is -2.15. The molecule has 196 valence electrons. The van der Waals surface area contributed by atoms with Crippen molar-refractivity contribution in [1.29, 1.82) is 0 Å². The number of hydrogen-bond donors (Lipinski definition) is 1. The summed E-state index contributed by atoms with van der Waals surface area (Å²) in [5, 5.41) is 5.94. The molecular formula is C29H29F3N6. The molecule has 0 radical (unpaired) electrons. The second kappa shape index (κ2) is 10.0. The molecule has 0 aliphatic heterocycles. The van der Waals surface area contributed by atoms with Crippen molar-refractivity contribution in [3.8, 4) is 11.4 Å². The number of aryl methyl sites for hydroxylation is 2. The Balaban J connectivity index is 1.48. The van der Waals surface area contributed by atoms with Gasteiger partial charge < -0.3 is 5.73 Å². The quantitative estimate of drug-likeness (QED) is 0.290. The topological polar surface area (TPSA) is 82.0 Å². The van der Waals surface area contributed by atoms with Gasteiger partial charge >= 0.3 is 6.18 Å². The van der Waals surface area contributed by atoms with Gasteiger partial charge in [-0.3, -0.25) is 4.99 Å². The fourth-order valence-electron chi connectivity index (χ4n) is 4.83. The summed E-state index contributed by atoms with van der Waals surface area (Å²) >= 11 is 0. The van der Waals surface area contributed by atoms with E-state index in [1.54, 1.807) is 12.1 Å². The predicted molar refractivity (Wildman–Crippen MR) is 144 cm³/mol. The van der Waals surface area contributed by atoms with Gasteiger partial charge in [0.25, 0.3) is 0 Å². The summed E-state index contributed by atoms with van der Waals surface area (Å²) in [6.07, 6.45) is -0.954. The highest BCUT2D eigenvalue weighted by molar-refractivity contribution is 5.95. The largest absolute Gasteiger partial charge is 0.430 e. The molecular weight excluding hydrogens is 489 g/mol. The van der Waals surface area contributed by atoms with E-state index in [1.807, 2.05) is 28.9 Å². The first-order valence-corrected chi connectivity index (χ1v) is 12.6. The van der Waals surface area contributed by atoms with Gasteiger partial charge in [-0.25, -0.2) is 14.6 Å². The van der Waals surface area contributed by atoms with Crippen molar-refractivity contribution in [2.24, 2.45) is 10.7 Å². The van der Waals surface area contributed by atoms with E-state index in [0.717, 1.165) is 64.7 Å². The number of alkyl halides is 3. The Morgan fingerprint density at radius 2 is 1.76 bits per heavy atom. The maximum absolute atomic E-state index is 12.7. The van der Waals surface area contributed by atoms with Gasteiger partial charge in [0.2, 0.25) is 0 Å². The Labute approximate surface area is 219 Å². The zero-order chi connectivity index (χ0) is 27.0. The van der Waals surface area contributed by atoms with E-state index in [4.69, 9.17) is 20.8 Å². The first-order chi connectivity index (χ1) is 18.1. The molecule has 2 aromatic heterocycles. The zero-order valence-electron chi connectivity index (χ0n) is 21.5. The Kier molecular flexibility index (Phi) is 6.77. The number of rotatable bonds is 6. The summed E-state index contributed by atoms with van der Waals surface area (Å²) in [6.45, 7) is 6.32. The smallest absolute Gasteiger partial charge is 0.395 e. The summed E-state index contributed by atoms with van der Waals surface area (Å²) in [6, 6.07) is 15.6. The number of benzene rings is 2. The molecule has 0 saturated heterocycles. The van der Waals surface area contributed by atoms with Crippen molar-refractivity contribution in [2.45, 2.75) is 58.7 Å². The van der Waals surface area contributed by atoms with Crippen LogP contribution in [-0.2, 0) is 19.4 Å². The number of aliphatic imine (C=N–C) groups is 1. The van der Waals surface area contributed by atoms with E-state index in [9.17, 15) is 13.2 Å². The number of halogens is 3. The van der Waals surface area contributed by atoms with Crippen LogP contribution in [0.5, 0.6) is 0 Å². The van der Waals surface area contributed by atoms with Crippen LogP contribution < -0.4 is 5.73 Å². The summed E-state index contributed by atoms with van der Waals surface area (Å²) in [4.78, 5) is 14.2. The maximum atomic E-state index is 12.7. The molecule has 4 aromatic rings. The molecule has 6 nitrogen and oxygen atoms in total. The minimum atomic E-state index is -4.58. The fraction of sp³-hybridized carbons (Fsp3) is 0.310. The van der Waals surface area contributed by atoms with Crippen LogP contribution in [-0.4, -0.2) is 31.6 Å². The van der Waals surface area contributed by atoms with Crippen LogP contribution in [0.2, 0.25) is 0 Å². The lowest BCUT2D eigenvalue weighted by Crippen LogP contribution is -2.20. The van der Waals surface area contributed by atoms with Crippen LogP contribution in [0.15, 0.2) is 65.3 Å². The molecule has 2 aromatic carbocycles. The average molecular weight is 519 g/mol. The first-order valence-electron chi connectivity index (χ1n) is 12.6. The molecule has 0 atom stereocenters. The van der Waals surface area contributed by atoms with Gasteiger partial charge in [0.05, 0.1) is 29.0 Å². The van der Waals surface area contributed by atoms with Crippen LogP contribution in [0.1, 0.15) is 55.6 Å². The van der Waals surface area contributed by atoms with Gasteiger partial charge in [-0.2, -0.15) is 18.3 Å². The highest BCUT2D eigenvalue weighted by Gasteiger charge is 2.31. The van der Waals surface area contributed by atoms with Gasteiger partial charge in [0, 0.05) is 11.3 Å². The molecule has 0 amide bonds. The minimum absolute atomic E-state index is 0.173. The number of hydrogen-bond acceptors (Lipinski definition) is 5. The van der Waals surface area contributed by atoms with E-state index >= 15 is 0 Å². The molecule has 38 heavy (non-hydrogen) atoms. The Hall–Kier alpha value is -4.01. The molecule has 1 aliphatic carbocycles. The van der Waals surface area contributed by atoms with Gasteiger partial charge in [-0.1, -0.05) is 50.2 Å². The van der Waals surface area contributed by atoms with E-state index in [1.165, 1.54) is 12.5 Å². The van der Waals surface area contributed by atoms with Crippen LogP contribution in [0.25, 0.3) is 22.4 Å². The first kappa shape index (κ1) is 25.6. The van der Waals surface area contributed by atoms with Crippen LogP contribution >= 0.6 is 0 Å². The maximum Gasteiger partial charge on any atom is 0.430 e. The lowest BCUT2D eigenvalue weighted by molar-refractivity contribution is -0.0925. The van der Waals surface area contributed by atoms with Gasteiger partial charge in [-0.05, 0) is 61.4 Å². The minimum Gasteiger partial charge on any atom is -0.395 e. The van der Waals surface area contributed by atoms with Crippen molar-refractivity contribution in [1.82, 2.24) is 19.7 Å². The Morgan fingerprint density at radius 1 is 1.05 bits per heavy atom. The third kappa shape index (κ3) is 5.18. The van der Waals surface area contributed by atoms with Gasteiger partial charge in [0.1, 0.15) is 5.70 Å². The van der Waals surface area contributed by atoms with E-state index in [2.05, 4.69) is 31.0 Å². The van der Waals surface area contributed by atoms with Gasteiger partial charge in [0.15, 0.2) is 11.5 Å². The van der Waals surface area contributed by atoms with Crippen molar-refractivity contribution in [3.05, 3.63) is 82.8 Å². The Morgan fingerprint density at radius 3 is 2.47 bits per heavy atom. The predicted octanol–water partition coefficient (Wildman–Crippen LogP) is 6.65. The SMILES string of the molecule is CC(/C=C(\N)C(F)(F)F)=Nc1ccc(Cn2nc3c4c(nc(-c5ccccc5C(C)C)nc42)CCC3)cc1.